The van der Waals surface area contributed by atoms with Crippen LogP contribution in [-0.4, -0.2) is 57.4 Å². The van der Waals surface area contributed by atoms with Crippen LogP contribution in [-0.2, 0) is 11.3 Å². The quantitative estimate of drug-likeness (QED) is 0.789. The summed E-state index contributed by atoms with van der Waals surface area (Å²) in [6.45, 7) is 6.62. The Kier molecular flexibility index (Phi) is 4.66. The highest BCUT2D eigenvalue weighted by Crippen LogP contribution is 2.29. The first-order valence-corrected chi connectivity index (χ1v) is 8.22. The summed E-state index contributed by atoms with van der Waals surface area (Å²) in [6.07, 6.45) is 4.03. The van der Waals surface area contributed by atoms with E-state index in [0.717, 1.165) is 19.4 Å². The number of nitrogens with zero attached hydrogens (tertiary/aromatic N) is 4. The van der Waals surface area contributed by atoms with Crippen LogP contribution in [0.3, 0.4) is 0 Å². The number of hydrogen-bond donors (Lipinski definition) is 1. The van der Waals surface area contributed by atoms with Gasteiger partial charge in [-0.3, -0.25) is 14.5 Å². The van der Waals surface area contributed by atoms with Gasteiger partial charge in [-0.25, -0.2) is 0 Å². The standard InChI is InChI=1S/C16H23N5O3/c1-10(2)5-6-21-12-4-3-11(16(21)23)7-20(8-12)9-13-18-15(14(17)22)19-24-13/h5,11-12H,3-4,6-9H2,1-2H3,(H2,17,22)/t11-,12+/m0/s1. The van der Waals surface area contributed by atoms with Crippen molar-refractivity contribution in [1.29, 1.82) is 0 Å². The number of carbonyl (C=O) groups excluding carboxylic acids is 2. The molecule has 3 aliphatic heterocycles. The highest BCUT2D eigenvalue weighted by Gasteiger charge is 2.40. The fraction of sp³-hybridized carbons (Fsp3) is 0.625. The van der Waals surface area contributed by atoms with E-state index >= 15 is 0 Å². The Morgan fingerprint density at radius 2 is 2.17 bits per heavy atom. The zero-order valence-electron chi connectivity index (χ0n) is 14.1. The summed E-state index contributed by atoms with van der Waals surface area (Å²) < 4.78 is 5.08. The molecule has 0 spiro atoms. The van der Waals surface area contributed by atoms with Crippen molar-refractivity contribution in [3.05, 3.63) is 23.4 Å². The maximum absolute atomic E-state index is 12.7. The topological polar surface area (TPSA) is 106 Å². The van der Waals surface area contributed by atoms with E-state index in [4.69, 9.17) is 10.3 Å². The van der Waals surface area contributed by atoms with Gasteiger partial charge in [0.1, 0.15) is 0 Å². The van der Waals surface area contributed by atoms with Crippen molar-refractivity contribution < 1.29 is 14.1 Å². The molecule has 2 amide bonds. The molecule has 8 nitrogen and oxygen atoms in total. The second kappa shape index (κ2) is 6.72. The Bertz CT molecular complexity index is 664. The molecule has 0 unspecified atom stereocenters. The van der Waals surface area contributed by atoms with Gasteiger partial charge in [0.15, 0.2) is 0 Å². The molecule has 2 bridgehead atoms. The average Bonchev–Trinajstić information content (AvgIpc) is 2.83. The smallest absolute Gasteiger partial charge is 0.290 e. The van der Waals surface area contributed by atoms with Crippen molar-refractivity contribution in [2.45, 2.75) is 39.3 Å². The van der Waals surface area contributed by atoms with Crippen molar-refractivity contribution in [2.75, 3.05) is 19.6 Å². The maximum Gasteiger partial charge on any atom is 0.290 e. The minimum absolute atomic E-state index is 0.00726. The van der Waals surface area contributed by atoms with Crippen LogP contribution in [0.4, 0.5) is 0 Å². The van der Waals surface area contributed by atoms with Crippen LogP contribution in [0.25, 0.3) is 0 Å². The lowest BCUT2D eigenvalue weighted by atomic mass is 9.94. The Balaban J connectivity index is 1.70. The van der Waals surface area contributed by atoms with Gasteiger partial charge in [-0.2, -0.15) is 4.98 Å². The molecule has 4 rings (SSSR count). The van der Waals surface area contributed by atoms with Crippen LogP contribution in [0.1, 0.15) is 43.2 Å². The van der Waals surface area contributed by atoms with Gasteiger partial charge in [0.25, 0.3) is 11.7 Å². The number of aromatic nitrogens is 2. The molecular weight excluding hydrogens is 310 g/mol. The van der Waals surface area contributed by atoms with Crippen LogP contribution >= 0.6 is 0 Å². The number of piperidine rings is 1. The summed E-state index contributed by atoms with van der Waals surface area (Å²) in [7, 11) is 0. The summed E-state index contributed by atoms with van der Waals surface area (Å²) in [5.74, 6) is -0.219. The lowest BCUT2D eigenvalue weighted by Crippen LogP contribution is -2.47. The Morgan fingerprint density at radius 1 is 1.38 bits per heavy atom. The summed E-state index contributed by atoms with van der Waals surface area (Å²) in [5.41, 5.74) is 6.35. The second-order valence-electron chi connectivity index (χ2n) is 6.77. The second-order valence-corrected chi connectivity index (χ2v) is 6.77. The van der Waals surface area contributed by atoms with Crippen molar-refractivity contribution in [3.8, 4) is 0 Å². The number of primary amides is 1. The zero-order chi connectivity index (χ0) is 17.3. The van der Waals surface area contributed by atoms with Gasteiger partial charge in [0.05, 0.1) is 12.5 Å². The first-order valence-electron chi connectivity index (χ1n) is 8.22. The molecule has 0 radical (unpaired) electrons. The van der Waals surface area contributed by atoms with Crippen LogP contribution < -0.4 is 5.73 Å². The Labute approximate surface area is 140 Å². The van der Waals surface area contributed by atoms with E-state index in [-0.39, 0.29) is 23.7 Å². The van der Waals surface area contributed by atoms with Crippen LogP contribution in [0.2, 0.25) is 0 Å². The fourth-order valence-corrected chi connectivity index (χ4v) is 3.39. The van der Waals surface area contributed by atoms with Crippen molar-refractivity contribution in [2.24, 2.45) is 11.7 Å². The number of carbonyl (C=O) groups is 2. The zero-order valence-corrected chi connectivity index (χ0v) is 14.1. The third kappa shape index (κ3) is 3.48. The summed E-state index contributed by atoms with van der Waals surface area (Å²) in [6, 6.07) is 0.199. The third-order valence-corrected chi connectivity index (χ3v) is 4.61. The molecule has 4 heterocycles. The van der Waals surface area contributed by atoms with E-state index in [0.29, 0.717) is 25.5 Å². The van der Waals surface area contributed by atoms with Gasteiger partial charge in [-0.05, 0) is 26.7 Å². The average molecular weight is 333 g/mol. The number of fused-ring (bicyclic) bond motifs is 4. The fourth-order valence-electron chi connectivity index (χ4n) is 3.39. The van der Waals surface area contributed by atoms with E-state index in [1.807, 2.05) is 18.7 Å². The Hall–Kier alpha value is -2.22. The first kappa shape index (κ1) is 16.6. The van der Waals surface area contributed by atoms with Gasteiger partial charge in [-0.1, -0.05) is 16.8 Å². The van der Waals surface area contributed by atoms with Crippen molar-refractivity contribution >= 4 is 11.8 Å². The minimum Gasteiger partial charge on any atom is -0.363 e. The van der Waals surface area contributed by atoms with Gasteiger partial charge in [0, 0.05) is 25.7 Å². The van der Waals surface area contributed by atoms with E-state index in [9.17, 15) is 9.59 Å². The number of allylic oxidation sites excluding steroid dienone is 1. The molecular formula is C16H23N5O3. The maximum atomic E-state index is 12.7. The summed E-state index contributed by atoms with van der Waals surface area (Å²) >= 11 is 0. The molecule has 1 aromatic heterocycles. The van der Waals surface area contributed by atoms with E-state index < -0.39 is 5.91 Å². The predicted octanol–water partition coefficient (Wildman–Crippen LogP) is 0.558. The lowest BCUT2D eigenvalue weighted by molar-refractivity contribution is -0.139. The first-order chi connectivity index (χ1) is 11.4. The Morgan fingerprint density at radius 3 is 2.83 bits per heavy atom. The molecule has 1 aromatic rings. The molecule has 0 saturated carbocycles. The largest absolute Gasteiger partial charge is 0.363 e. The SMILES string of the molecule is CC(C)=CCN1C(=O)[C@H]2CC[C@@H]1CN(Cc1nc(C(N)=O)no1)C2. The van der Waals surface area contributed by atoms with Gasteiger partial charge >= 0.3 is 0 Å². The number of nitrogens with two attached hydrogens (primary N) is 1. The summed E-state index contributed by atoms with van der Waals surface area (Å²) in [5, 5.41) is 3.56. The van der Waals surface area contributed by atoms with Crippen LogP contribution in [0.5, 0.6) is 0 Å². The van der Waals surface area contributed by atoms with E-state index in [2.05, 4.69) is 21.1 Å². The van der Waals surface area contributed by atoms with E-state index in [1.165, 1.54) is 5.57 Å². The lowest BCUT2D eigenvalue weighted by Gasteiger charge is -2.35. The highest BCUT2D eigenvalue weighted by atomic mass is 16.5. The number of amides is 2. The normalized spacial score (nSPS) is 24.1. The van der Waals surface area contributed by atoms with Gasteiger partial charge in [-0.15, -0.1) is 0 Å². The van der Waals surface area contributed by atoms with Gasteiger partial charge < -0.3 is 15.2 Å². The molecule has 2 atom stereocenters. The molecule has 3 saturated heterocycles. The molecule has 0 aromatic carbocycles. The van der Waals surface area contributed by atoms with Crippen LogP contribution in [0, 0.1) is 5.92 Å². The monoisotopic (exact) mass is 333 g/mol. The third-order valence-electron chi connectivity index (χ3n) is 4.61. The molecule has 0 aliphatic carbocycles. The molecule has 3 aliphatic rings. The minimum atomic E-state index is -0.705. The molecule has 8 heteroatoms. The molecule has 2 N–H and O–H groups in total. The number of hydrogen-bond acceptors (Lipinski definition) is 6. The van der Waals surface area contributed by atoms with E-state index in [1.54, 1.807) is 0 Å². The predicted molar refractivity (Wildman–Crippen MR) is 85.7 cm³/mol. The molecule has 3 fully saturated rings. The van der Waals surface area contributed by atoms with Crippen molar-refractivity contribution in [3.63, 3.8) is 0 Å². The molecule has 24 heavy (non-hydrogen) atoms. The summed E-state index contributed by atoms with van der Waals surface area (Å²) in [4.78, 5) is 31.9. The molecule has 130 valence electrons. The van der Waals surface area contributed by atoms with Crippen molar-refractivity contribution in [1.82, 2.24) is 19.9 Å². The van der Waals surface area contributed by atoms with Gasteiger partial charge in [0.2, 0.25) is 11.8 Å². The highest BCUT2D eigenvalue weighted by molar-refractivity contribution is 5.88. The van der Waals surface area contributed by atoms with Crippen LogP contribution in [0.15, 0.2) is 16.2 Å². The number of rotatable bonds is 5.